The minimum atomic E-state index is -0.444. The molecule has 0 aliphatic carbocycles. The van der Waals surface area contributed by atoms with Gasteiger partial charge in [-0.2, -0.15) is 5.10 Å². The van der Waals surface area contributed by atoms with Crippen LogP contribution >= 0.6 is 23.2 Å². The van der Waals surface area contributed by atoms with Crippen LogP contribution in [0, 0.1) is 6.92 Å². The van der Waals surface area contributed by atoms with Crippen LogP contribution in [0.1, 0.15) is 16.2 Å². The van der Waals surface area contributed by atoms with Crippen molar-refractivity contribution in [2.24, 2.45) is 0 Å². The molecule has 1 heterocycles. The van der Waals surface area contributed by atoms with Gasteiger partial charge in [-0.25, -0.2) is 0 Å². The van der Waals surface area contributed by atoms with E-state index < -0.39 is 5.91 Å². The second kappa shape index (κ2) is 4.88. The van der Waals surface area contributed by atoms with Gasteiger partial charge in [-0.3, -0.25) is 9.89 Å². The zero-order valence-electron chi connectivity index (χ0n) is 9.42. The summed E-state index contributed by atoms with van der Waals surface area (Å²) in [5, 5.41) is 9.92. The summed E-state index contributed by atoms with van der Waals surface area (Å²) in [4.78, 5) is 11.9. The summed E-state index contributed by atoms with van der Waals surface area (Å²) in [5.41, 5.74) is 7.20. The van der Waals surface area contributed by atoms with Crippen molar-refractivity contribution in [1.29, 1.82) is 0 Å². The van der Waals surface area contributed by atoms with Gasteiger partial charge < -0.3 is 11.1 Å². The molecule has 7 heteroatoms. The van der Waals surface area contributed by atoms with Crippen molar-refractivity contribution >= 4 is 40.5 Å². The summed E-state index contributed by atoms with van der Waals surface area (Å²) in [6, 6.07) is 4.78. The van der Waals surface area contributed by atoms with Crippen molar-refractivity contribution in [3.63, 3.8) is 0 Å². The minimum absolute atomic E-state index is 0.128. The number of nitrogens with two attached hydrogens (primary N) is 1. The van der Waals surface area contributed by atoms with Crippen LogP contribution in [0.4, 0.5) is 11.4 Å². The second-order valence-corrected chi connectivity index (χ2v) is 4.53. The van der Waals surface area contributed by atoms with Crippen LogP contribution in [0.25, 0.3) is 0 Å². The zero-order valence-corrected chi connectivity index (χ0v) is 10.9. The quantitative estimate of drug-likeness (QED) is 0.793. The number of H-pyrrole nitrogens is 1. The highest BCUT2D eigenvalue weighted by molar-refractivity contribution is 6.35. The van der Waals surface area contributed by atoms with Crippen molar-refractivity contribution in [3.05, 3.63) is 39.6 Å². The summed E-state index contributed by atoms with van der Waals surface area (Å²) >= 11 is 11.8. The Balaban J connectivity index is 2.27. The number of nitrogens with one attached hydrogen (secondary N) is 2. The highest BCUT2D eigenvalue weighted by Gasteiger charge is 2.16. The molecule has 0 aliphatic heterocycles. The van der Waals surface area contributed by atoms with Crippen molar-refractivity contribution in [2.75, 3.05) is 11.1 Å². The normalized spacial score (nSPS) is 10.4. The van der Waals surface area contributed by atoms with Gasteiger partial charge in [0.1, 0.15) is 0 Å². The number of halogens is 2. The van der Waals surface area contributed by atoms with E-state index in [-0.39, 0.29) is 5.69 Å². The highest BCUT2D eigenvalue weighted by Crippen LogP contribution is 2.26. The lowest BCUT2D eigenvalue weighted by Gasteiger charge is -2.06. The Labute approximate surface area is 113 Å². The molecule has 5 nitrogen and oxygen atoms in total. The standard InChI is InChI=1S/C11H10Cl2N4O/c1-5-9(14)10(17-16-5)11(18)15-8-4-6(12)2-3-7(8)13/h2-4H,14H2,1H3,(H,15,18)(H,16,17). The summed E-state index contributed by atoms with van der Waals surface area (Å²) in [5.74, 6) is -0.444. The third-order valence-electron chi connectivity index (χ3n) is 2.39. The lowest BCUT2D eigenvalue weighted by atomic mass is 10.2. The Morgan fingerprint density at radius 3 is 2.78 bits per heavy atom. The number of hydrogen-bond donors (Lipinski definition) is 3. The number of carbonyl (C=O) groups is 1. The summed E-state index contributed by atoms with van der Waals surface area (Å²) in [6.45, 7) is 1.73. The molecular formula is C11H10Cl2N4O. The first kappa shape index (κ1) is 12.7. The van der Waals surface area contributed by atoms with E-state index in [2.05, 4.69) is 15.5 Å². The van der Waals surface area contributed by atoms with E-state index >= 15 is 0 Å². The third kappa shape index (κ3) is 2.42. The Morgan fingerprint density at radius 2 is 2.17 bits per heavy atom. The molecule has 0 aliphatic rings. The summed E-state index contributed by atoms with van der Waals surface area (Å²) in [6.07, 6.45) is 0. The number of carbonyl (C=O) groups excluding carboxylic acids is 1. The van der Waals surface area contributed by atoms with Crippen molar-refractivity contribution in [1.82, 2.24) is 10.2 Å². The highest BCUT2D eigenvalue weighted by atomic mass is 35.5. The summed E-state index contributed by atoms with van der Waals surface area (Å²) < 4.78 is 0. The number of aromatic amines is 1. The van der Waals surface area contributed by atoms with E-state index in [0.717, 1.165) is 0 Å². The van der Waals surface area contributed by atoms with E-state index in [1.54, 1.807) is 25.1 Å². The fourth-order valence-electron chi connectivity index (χ4n) is 1.39. The number of hydrogen-bond acceptors (Lipinski definition) is 3. The van der Waals surface area contributed by atoms with Crippen LogP contribution in [0.3, 0.4) is 0 Å². The van der Waals surface area contributed by atoms with E-state index in [4.69, 9.17) is 28.9 Å². The van der Waals surface area contributed by atoms with Crippen LogP contribution in [0.2, 0.25) is 10.0 Å². The Kier molecular flexibility index (Phi) is 3.45. The Morgan fingerprint density at radius 1 is 1.44 bits per heavy atom. The predicted octanol–water partition coefficient (Wildman–Crippen LogP) is 2.86. The van der Waals surface area contributed by atoms with Crippen LogP contribution in [-0.4, -0.2) is 16.1 Å². The molecular weight excluding hydrogens is 275 g/mol. The fraction of sp³-hybridized carbons (Fsp3) is 0.0909. The van der Waals surface area contributed by atoms with E-state index in [0.29, 0.717) is 27.1 Å². The SMILES string of the molecule is Cc1[nH]nc(C(=O)Nc2cc(Cl)ccc2Cl)c1N. The Hall–Kier alpha value is -1.72. The molecule has 4 N–H and O–H groups in total. The molecule has 0 atom stereocenters. The van der Waals surface area contributed by atoms with Crippen molar-refractivity contribution in [2.45, 2.75) is 6.92 Å². The summed E-state index contributed by atoms with van der Waals surface area (Å²) in [7, 11) is 0. The Bertz CT molecular complexity index is 609. The largest absolute Gasteiger partial charge is 0.395 e. The molecule has 0 fully saturated rings. The number of nitrogen functional groups attached to an aromatic ring is 1. The number of rotatable bonds is 2. The monoisotopic (exact) mass is 284 g/mol. The van der Waals surface area contributed by atoms with Gasteiger partial charge in [0.2, 0.25) is 0 Å². The van der Waals surface area contributed by atoms with Crippen LogP contribution in [-0.2, 0) is 0 Å². The molecule has 18 heavy (non-hydrogen) atoms. The molecule has 1 aromatic heterocycles. The molecule has 94 valence electrons. The zero-order chi connectivity index (χ0) is 13.3. The van der Waals surface area contributed by atoms with Crippen molar-refractivity contribution < 1.29 is 4.79 Å². The molecule has 0 radical (unpaired) electrons. The van der Waals surface area contributed by atoms with E-state index in [1.165, 1.54) is 0 Å². The van der Waals surface area contributed by atoms with Crippen LogP contribution < -0.4 is 11.1 Å². The number of benzene rings is 1. The van der Waals surface area contributed by atoms with Crippen LogP contribution in [0.15, 0.2) is 18.2 Å². The fourth-order valence-corrected chi connectivity index (χ4v) is 1.72. The number of aryl methyl sites for hydroxylation is 1. The molecule has 0 spiro atoms. The molecule has 0 unspecified atom stereocenters. The van der Waals surface area contributed by atoms with E-state index in [1.807, 2.05) is 0 Å². The lowest BCUT2D eigenvalue weighted by Crippen LogP contribution is -2.14. The maximum atomic E-state index is 11.9. The molecule has 1 amide bonds. The van der Waals surface area contributed by atoms with E-state index in [9.17, 15) is 4.79 Å². The third-order valence-corrected chi connectivity index (χ3v) is 2.95. The average molecular weight is 285 g/mol. The topological polar surface area (TPSA) is 83.8 Å². The number of amides is 1. The minimum Gasteiger partial charge on any atom is -0.395 e. The van der Waals surface area contributed by atoms with Gasteiger partial charge in [0.05, 0.1) is 22.1 Å². The van der Waals surface area contributed by atoms with Gasteiger partial charge >= 0.3 is 0 Å². The molecule has 2 aromatic rings. The second-order valence-electron chi connectivity index (χ2n) is 3.69. The van der Waals surface area contributed by atoms with Gasteiger partial charge in [0.15, 0.2) is 5.69 Å². The number of aromatic nitrogens is 2. The molecule has 0 bridgehead atoms. The predicted molar refractivity (Wildman–Crippen MR) is 72.2 cm³/mol. The van der Waals surface area contributed by atoms with Gasteiger partial charge in [0.25, 0.3) is 5.91 Å². The smallest absolute Gasteiger partial charge is 0.278 e. The van der Waals surface area contributed by atoms with Gasteiger partial charge in [-0.05, 0) is 25.1 Å². The molecule has 1 aromatic carbocycles. The number of nitrogens with zero attached hydrogens (tertiary/aromatic N) is 1. The molecule has 0 saturated carbocycles. The average Bonchev–Trinajstić information content (AvgIpc) is 2.65. The molecule has 2 rings (SSSR count). The van der Waals surface area contributed by atoms with Crippen molar-refractivity contribution in [3.8, 4) is 0 Å². The van der Waals surface area contributed by atoms with Crippen LogP contribution in [0.5, 0.6) is 0 Å². The first-order chi connectivity index (χ1) is 8.49. The van der Waals surface area contributed by atoms with Gasteiger partial charge in [0, 0.05) is 5.02 Å². The van der Waals surface area contributed by atoms with Gasteiger partial charge in [-0.15, -0.1) is 0 Å². The van der Waals surface area contributed by atoms with Gasteiger partial charge in [-0.1, -0.05) is 23.2 Å². The maximum Gasteiger partial charge on any atom is 0.278 e. The lowest BCUT2D eigenvalue weighted by molar-refractivity contribution is 0.102. The first-order valence-electron chi connectivity index (χ1n) is 5.06. The molecule has 0 saturated heterocycles. The number of anilines is 2. The first-order valence-corrected chi connectivity index (χ1v) is 5.81. The maximum absolute atomic E-state index is 11.9.